The summed E-state index contributed by atoms with van der Waals surface area (Å²) in [4.78, 5) is 14.5. The number of hydrogen-bond acceptors (Lipinski definition) is 4. The van der Waals surface area contributed by atoms with E-state index in [2.05, 4.69) is 6.08 Å². The Balaban J connectivity index is 2.17. The molecule has 0 aromatic heterocycles. The van der Waals surface area contributed by atoms with E-state index in [4.69, 9.17) is 5.14 Å². The maximum atomic E-state index is 12.8. The summed E-state index contributed by atoms with van der Waals surface area (Å²) in [5.41, 5.74) is 1.30. The molecular weight excluding hydrogens is 340 g/mol. The first-order valence-corrected chi connectivity index (χ1v) is 9.88. The highest BCUT2D eigenvalue weighted by atomic mass is 32.2. The second-order valence-corrected chi connectivity index (χ2v) is 8.60. The topological polar surface area (TPSA) is 101 Å². The van der Waals surface area contributed by atoms with Crippen LogP contribution in [0.15, 0.2) is 40.8 Å². The third kappa shape index (κ3) is 4.90. The van der Waals surface area contributed by atoms with Gasteiger partial charge in [0.1, 0.15) is 0 Å². The van der Waals surface area contributed by atoms with E-state index in [1.165, 1.54) is 29.8 Å². The largest absolute Gasteiger partial charge is 0.396 e. The van der Waals surface area contributed by atoms with Gasteiger partial charge in [-0.05, 0) is 57.4 Å². The van der Waals surface area contributed by atoms with Gasteiger partial charge in [0, 0.05) is 24.1 Å². The number of aliphatic hydroxyl groups excluding tert-OH is 1. The summed E-state index contributed by atoms with van der Waals surface area (Å²) in [5.74, 6) is -0.157. The molecule has 1 aromatic carbocycles. The zero-order valence-corrected chi connectivity index (χ0v) is 15.6. The molecule has 0 bridgehead atoms. The van der Waals surface area contributed by atoms with Gasteiger partial charge in [-0.15, -0.1) is 0 Å². The minimum Gasteiger partial charge on any atom is -0.396 e. The van der Waals surface area contributed by atoms with Crippen molar-refractivity contribution in [2.24, 2.45) is 10.6 Å². The van der Waals surface area contributed by atoms with E-state index in [0.717, 1.165) is 19.3 Å². The predicted octanol–water partition coefficient (Wildman–Crippen LogP) is 1.91. The molecule has 0 spiro atoms. The van der Waals surface area contributed by atoms with Gasteiger partial charge in [-0.2, -0.15) is 0 Å². The van der Waals surface area contributed by atoms with Crippen molar-refractivity contribution in [3.63, 3.8) is 0 Å². The molecule has 138 valence electrons. The number of rotatable bonds is 5. The minimum atomic E-state index is -3.77. The Kier molecular flexibility index (Phi) is 6.03. The van der Waals surface area contributed by atoms with Crippen molar-refractivity contribution in [1.82, 2.24) is 4.90 Å². The lowest BCUT2D eigenvalue weighted by molar-refractivity contribution is 0.0284. The van der Waals surface area contributed by atoms with Gasteiger partial charge >= 0.3 is 0 Å². The number of allylic oxidation sites excluding steroid dienone is 2. The fraction of sp³-hybridized carbons (Fsp3) is 0.500. The van der Waals surface area contributed by atoms with Crippen molar-refractivity contribution < 1.29 is 18.3 Å². The van der Waals surface area contributed by atoms with E-state index in [0.29, 0.717) is 18.7 Å². The Labute approximate surface area is 149 Å². The molecule has 1 fully saturated rings. The van der Waals surface area contributed by atoms with Crippen LogP contribution in [-0.2, 0) is 10.0 Å². The molecule has 1 aromatic rings. The first-order valence-electron chi connectivity index (χ1n) is 8.33. The summed E-state index contributed by atoms with van der Waals surface area (Å²) in [7, 11) is -3.77. The molecule has 25 heavy (non-hydrogen) atoms. The van der Waals surface area contributed by atoms with Crippen LogP contribution in [0, 0.1) is 5.41 Å². The van der Waals surface area contributed by atoms with Gasteiger partial charge in [-0.25, -0.2) is 13.6 Å². The van der Waals surface area contributed by atoms with Crippen molar-refractivity contribution in [1.29, 1.82) is 0 Å². The summed E-state index contributed by atoms with van der Waals surface area (Å²) < 4.78 is 22.6. The van der Waals surface area contributed by atoms with Crippen molar-refractivity contribution in [2.45, 2.75) is 38.0 Å². The molecule has 0 unspecified atom stereocenters. The number of likely N-dealkylation sites (tertiary alicyclic amines) is 1. The minimum absolute atomic E-state index is 0.0176. The molecule has 0 aliphatic carbocycles. The van der Waals surface area contributed by atoms with Gasteiger partial charge in [0.15, 0.2) is 0 Å². The second kappa shape index (κ2) is 7.68. The van der Waals surface area contributed by atoms with E-state index in [-0.39, 0.29) is 22.8 Å². The third-order valence-corrected chi connectivity index (χ3v) is 5.59. The fourth-order valence-corrected chi connectivity index (χ4v) is 3.65. The number of hydrogen-bond donors (Lipinski definition) is 2. The molecular formula is C18H26N2O4S. The Morgan fingerprint density at radius 1 is 1.32 bits per heavy atom. The van der Waals surface area contributed by atoms with Gasteiger partial charge < -0.3 is 10.0 Å². The van der Waals surface area contributed by atoms with Crippen LogP contribution >= 0.6 is 0 Å². The van der Waals surface area contributed by atoms with Crippen molar-refractivity contribution in [3.8, 4) is 0 Å². The average Bonchev–Trinajstić information content (AvgIpc) is 2.59. The molecule has 2 rings (SSSR count). The zero-order chi connectivity index (χ0) is 18.7. The molecule has 0 saturated carbocycles. The van der Waals surface area contributed by atoms with Gasteiger partial charge in [-0.1, -0.05) is 11.6 Å². The van der Waals surface area contributed by atoms with Crippen molar-refractivity contribution in [2.75, 3.05) is 19.7 Å². The average molecular weight is 366 g/mol. The molecule has 1 heterocycles. The van der Waals surface area contributed by atoms with Crippen LogP contribution in [0.2, 0.25) is 0 Å². The lowest BCUT2D eigenvalue weighted by Gasteiger charge is -2.41. The highest BCUT2D eigenvalue weighted by Gasteiger charge is 2.36. The highest BCUT2D eigenvalue weighted by molar-refractivity contribution is 7.89. The number of nitrogens with two attached hydrogens (primary N) is 1. The van der Waals surface area contributed by atoms with Crippen molar-refractivity contribution >= 4 is 15.9 Å². The van der Waals surface area contributed by atoms with Crippen LogP contribution in [0.25, 0.3) is 0 Å². The van der Waals surface area contributed by atoms with Crippen LogP contribution in [-0.4, -0.2) is 44.0 Å². The summed E-state index contributed by atoms with van der Waals surface area (Å²) in [6.07, 6.45) is 4.55. The van der Waals surface area contributed by atoms with E-state index in [9.17, 15) is 18.3 Å². The van der Waals surface area contributed by atoms with E-state index >= 15 is 0 Å². The zero-order valence-electron chi connectivity index (χ0n) is 14.7. The number of piperidine rings is 1. The molecule has 3 N–H and O–H groups in total. The van der Waals surface area contributed by atoms with Crippen LogP contribution in [0.4, 0.5) is 0 Å². The SMILES string of the molecule is CC(C)=CC[C@]1(CO)CCCN(C(=O)c2ccc(S(N)(=O)=O)cc2)C1. The number of sulfonamides is 1. The second-order valence-electron chi connectivity index (χ2n) is 7.04. The molecule has 1 atom stereocenters. The molecule has 0 radical (unpaired) electrons. The first-order chi connectivity index (χ1) is 11.7. The maximum absolute atomic E-state index is 12.8. The van der Waals surface area contributed by atoms with Crippen LogP contribution in [0.1, 0.15) is 43.5 Å². The molecule has 7 heteroatoms. The van der Waals surface area contributed by atoms with Gasteiger partial charge in [0.25, 0.3) is 5.91 Å². The maximum Gasteiger partial charge on any atom is 0.253 e. The molecule has 1 aliphatic heterocycles. The fourth-order valence-electron chi connectivity index (χ4n) is 3.13. The normalized spacial score (nSPS) is 21.0. The van der Waals surface area contributed by atoms with Crippen molar-refractivity contribution in [3.05, 3.63) is 41.5 Å². The number of primary sulfonamides is 1. The highest BCUT2D eigenvalue weighted by Crippen LogP contribution is 2.34. The molecule has 1 saturated heterocycles. The quantitative estimate of drug-likeness (QED) is 0.777. The van der Waals surface area contributed by atoms with E-state index in [1.54, 1.807) is 4.90 Å². The van der Waals surface area contributed by atoms with E-state index < -0.39 is 10.0 Å². The Hall–Kier alpha value is -1.70. The number of carbonyl (C=O) groups is 1. The Bertz CT molecular complexity index is 752. The Morgan fingerprint density at radius 2 is 1.96 bits per heavy atom. The van der Waals surface area contributed by atoms with Gasteiger partial charge in [0.05, 0.1) is 11.5 Å². The molecule has 1 amide bonds. The third-order valence-electron chi connectivity index (χ3n) is 4.66. The number of amides is 1. The van der Waals surface area contributed by atoms with Crippen LogP contribution in [0.5, 0.6) is 0 Å². The summed E-state index contributed by atoms with van der Waals surface area (Å²) >= 11 is 0. The van der Waals surface area contributed by atoms with Crippen LogP contribution in [0.3, 0.4) is 0 Å². The number of aliphatic hydroxyl groups is 1. The predicted molar refractivity (Wildman–Crippen MR) is 96.5 cm³/mol. The van der Waals surface area contributed by atoms with Gasteiger partial charge in [0.2, 0.25) is 10.0 Å². The number of benzene rings is 1. The summed E-state index contributed by atoms with van der Waals surface area (Å²) in [6.45, 7) is 5.19. The standard InChI is InChI=1S/C18H26N2O4S/c1-14(2)8-10-18(13-21)9-3-11-20(12-18)17(22)15-4-6-16(7-5-15)25(19,23)24/h4-8,21H,3,9-13H2,1-2H3,(H2,19,23,24)/t18-/m1/s1. The lowest BCUT2D eigenvalue weighted by Crippen LogP contribution is -2.47. The first kappa shape index (κ1) is 19.6. The summed E-state index contributed by atoms with van der Waals surface area (Å²) in [5, 5.41) is 15.0. The lowest BCUT2D eigenvalue weighted by atomic mass is 9.77. The van der Waals surface area contributed by atoms with Gasteiger partial charge in [-0.3, -0.25) is 4.79 Å². The van der Waals surface area contributed by atoms with Crippen LogP contribution < -0.4 is 5.14 Å². The monoisotopic (exact) mass is 366 g/mol. The number of nitrogens with zero attached hydrogens (tertiary/aromatic N) is 1. The number of carbonyl (C=O) groups excluding carboxylic acids is 1. The summed E-state index contributed by atoms with van der Waals surface area (Å²) in [6, 6.07) is 5.64. The smallest absolute Gasteiger partial charge is 0.253 e. The Morgan fingerprint density at radius 3 is 2.48 bits per heavy atom. The molecule has 1 aliphatic rings. The molecule has 6 nitrogen and oxygen atoms in total. The van der Waals surface area contributed by atoms with E-state index in [1.807, 2.05) is 13.8 Å².